The average molecular weight is 391 g/mol. The zero-order valence-electron chi connectivity index (χ0n) is 15.2. The first-order valence-corrected chi connectivity index (χ1v) is 9.79. The van der Waals surface area contributed by atoms with Crippen LogP contribution in [-0.2, 0) is 14.8 Å². The molecule has 0 unspecified atom stereocenters. The van der Waals surface area contributed by atoms with E-state index in [1.807, 2.05) is 0 Å². The summed E-state index contributed by atoms with van der Waals surface area (Å²) in [5.41, 5.74) is 2.61. The molecule has 0 atom stereocenters. The predicted molar refractivity (Wildman–Crippen MR) is 99.9 cm³/mol. The van der Waals surface area contributed by atoms with Crippen LogP contribution in [0.1, 0.15) is 15.9 Å². The first-order valence-electron chi connectivity index (χ1n) is 7.94. The van der Waals surface area contributed by atoms with Gasteiger partial charge in [0.1, 0.15) is 17.1 Å². The Morgan fingerprint density at radius 2 is 1.89 bits per heavy atom. The Morgan fingerprint density at radius 3 is 2.44 bits per heavy atom. The van der Waals surface area contributed by atoms with Crippen LogP contribution in [0.5, 0.6) is 0 Å². The molecule has 0 aliphatic rings. The quantitative estimate of drug-likeness (QED) is 0.639. The van der Waals surface area contributed by atoms with Gasteiger partial charge in [-0.05, 0) is 42.8 Å². The Bertz CT molecular complexity index is 1140. The molecule has 0 saturated heterocycles. The molecule has 0 aliphatic carbocycles. The lowest BCUT2D eigenvalue weighted by molar-refractivity contribution is 0.0604. The third-order valence-corrected chi connectivity index (χ3v) is 5.48. The molecule has 0 aliphatic heterocycles. The molecular formula is C18H18FN3O4S. The molecule has 1 aromatic carbocycles. The Hall–Kier alpha value is -2.94. The summed E-state index contributed by atoms with van der Waals surface area (Å²) < 4.78 is 44.5. The van der Waals surface area contributed by atoms with Crippen molar-refractivity contribution < 1.29 is 22.3 Å². The van der Waals surface area contributed by atoms with E-state index in [2.05, 4.69) is 5.10 Å². The molecule has 0 fully saturated rings. The second-order valence-electron chi connectivity index (χ2n) is 6.12. The van der Waals surface area contributed by atoms with Gasteiger partial charge in [-0.2, -0.15) is 5.10 Å². The predicted octanol–water partition coefficient (Wildman–Crippen LogP) is 2.63. The van der Waals surface area contributed by atoms with E-state index < -0.39 is 21.8 Å². The number of anilines is 1. The van der Waals surface area contributed by atoms with Crippen molar-refractivity contribution in [1.29, 1.82) is 0 Å². The first kappa shape index (κ1) is 18.8. The average Bonchev–Trinajstić information content (AvgIpc) is 2.97. The molecule has 9 heteroatoms. The van der Waals surface area contributed by atoms with Crippen molar-refractivity contribution in [2.45, 2.75) is 6.92 Å². The van der Waals surface area contributed by atoms with Gasteiger partial charge >= 0.3 is 5.97 Å². The number of pyridine rings is 1. The van der Waals surface area contributed by atoms with Gasteiger partial charge in [0.15, 0.2) is 0 Å². The highest BCUT2D eigenvalue weighted by Crippen LogP contribution is 2.30. The highest BCUT2D eigenvalue weighted by molar-refractivity contribution is 7.92. The molecule has 0 N–H and O–H groups in total. The van der Waals surface area contributed by atoms with Crippen LogP contribution in [0.25, 0.3) is 16.8 Å². The van der Waals surface area contributed by atoms with Crippen molar-refractivity contribution in [2.75, 3.05) is 24.7 Å². The minimum atomic E-state index is -3.47. The fraction of sp³-hybridized carbons (Fsp3) is 0.222. The van der Waals surface area contributed by atoms with Crippen molar-refractivity contribution in [2.24, 2.45) is 0 Å². The van der Waals surface area contributed by atoms with Crippen molar-refractivity contribution in [3.63, 3.8) is 0 Å². The lowest BCUT2D eigenvalue weighted by atomic mass is 10.1. The number of sulfonamides is 1. The zero-order valence-corrected chi connectivity index (χ0v) is 16.0. The number of rotatable bonds is 4. The van der Waals surface area contributed by atoms with Crippen LogP contribution in [0.4, 0.5) is 10.1 Å². The van der Waals surface area contributed by atoms with Gasteiger partial charge in [-0.1, -0.05) is 0 Å². The highest BCUT2D eigenvalue weighted by atomic mass is 32.2. The molecule has 0 saturated carbocycles. The van der Waals surface area contributed by atoms with E-state index in [-0.39, 0.29) is 5.56 Å². The van der Waals surface area contributed by atoms with E-state index in [1.54, 1.807) is 13.0 Å². The number of hydrogen-bond donors (Lipinski definition) is 0. The second-order valence-corrected chi connectivity index (χ2v) is 8.14. The van der Waals surface area contributed by atoms with Crippen LogP contribution < -0.4 is 4.31 Å². The van der Waals surface area contributed by atoms with Crippen LogP contribution in [0.2, 0.25) is 0 Å². The Balaban J connectivity index is 2.30. The lowest BCUT2D eigenvalue weighted by Crippen LogP contribution is -2.26. The number of carbonyl (C=O) groups is 1. The molecule has 7 nitrogen and oxygen atoms in total. The van der Waals surface area contributed by atoms with E-state index in [0.29, 0.717) is 28.0 Å². The van der Waals surface area contributed by atoms with Crippen molar-refractivity contribution in [1.82, 2.24) is 9.61 Å². The van der Waals surface area contributed by atoms with Gasteiger partial charge in [-0.15, -0.1) is 0 Å². The molecule has 0 amide bonds. The summed E-state index contributed by atoms with van der Waals surface area (Å²) in [6.07, 6.45) is 2.63. The SMILES string of the molecule is COC(=O)c1c(-c2ccc(F)cc2)nn2cc(N(C)S(C)(=O)=O)c(C)cc12. The zero-order chi connectivity index (χ0) is 19.9. The number of carbonyl (C=O) groups excluding carboxylic acids is 1. The van der Waals surface area contributed by atoms with Gasteiger partial charge in [-0.3, -0.25) is 4.31 Å². The van der Waals surface area contributed by atoms with E-state index >= 15 is 0 Å². The minimum absolute atomic E-state index is 0.223. The topological polar surface area (TPSA) is 81.0 Å². The van der Waals surface area contributed by atoms with Crippen LogP contribution >= 0.6 is 0 Å². The number of aryl methyl sites for hydroxylation is 1. The summed E-state index contributed by atoms with van der Waals surface area (Å²) in [4.78, 5) is 12.4. The normalized spacial score (nSPS) is 11.6. The number of nitrogens with zero attached hydrogens (tertiary/aromatic N) is 3. The number of esters is 1. The summed E-state index contributed by atoms with van der Waals surface area (Å²) in [6.45, 7) is 1.74. The van der Waals surface area contributed by atoms with Crippen LogP contribution in [0, 0.1) is 12.7 Å². The Morgan fingerprint density at radius 1 is 1.26 bits per heavy atom. The lowest BCUT2D eigenvalue weighted by Gasteiger charge is -2.19. The molecular weight excluding hydrogens is 373 g/mol. The van der Waals surface area contributed by atoms with Crippen molar-refractivity contribution in [3.8, 4) is 11.3 Å². The molecule has 27 heavy (non-hydrogen) atoms. The van der Waals surface area contributed by atoms with Crippen molar-refractivity contribution in [3.05, 3.63) is 53.5 Å². The number of benzene rings is 1. The highest BCUT2D eigenvalue weighted by Gasteiger charge is 2.24. The molecule has 142 valence electrons. The van der Waals surface area contributed by atoms with Gasteiger partial charge in [0.2, 0.25) is 10.0 Å². The summed E-state index contributed by atoms with van der Waals surface area (Å²) in [5, 5.41) is 4.42. The molecule has 0 bridgehead atoms. The first-order chi connectivity index (χ1) is 12.6. The number of ether oxygens (including phenoxy) is 1. The maximum absolute atomic E-state index is 13.3. The van der Waals surface area contributed by atoms with E-state index in [1.165, 1.54) is 49.1 Å². The Labute approximate surface area is 156 Å². The molecule has 2 aromatic heterocycles. The van der Waals surface area contributed by atoms with E-state index in [0.717, 1.165) is 10.6 Å². The van der Waals surface area contributed by atoms with Gasteiger partial charge in [0.05, 0.1) is 30.8 Å². The fourth-order valence-electron chi connectivity index (χ4n) is 2.80. The monoisotopic (exact) mass is 391 g/mol. The fourth-order valence-corrected chi connectivity index (χ4v) is 3.35. The molecule has 3 rings (SSSR count). The van der Waals surface area contributed by atoms with Gasteiger partial charge in [-0.25, -0.2) is 22.1 Å². The van der Waals surface area contributed by atoms with Crippen LogP contribution in [0.15, 0.2) is 36.5 Å². The summed E-state index contributed by atoms with van der Waals surface area (Å²) in [5.74, 6) is -0.997. The molecule has 0 spiro atoms. The molecule has 0 radical (unpaired) electrons. The number of fused-ring (bicyclic) bond motifs is 1. The van der Waals surface area contributed by atoms with Gasteiger partial charge < -0.3 is 4.74 Å². The van der Waals surface area contributed by atoms with Gasteiger partial charge in [0.25, 0.3) is 0 Å². The maximum atomic E-state index is 13.3. The Kier molecular flexibility index (Phi) is 4.64. The molecule has 2 heterocycles. The summed E-state index contributed by atoms with van der Waals surface area (Å²) in [6, 6.07) is 7.24. The van der Waals surface area contributed by atoms with Crippen LogP contribution in [0.3, 0.4) is 0 Å². The molecule has 3 aromatic rings. The van der Waals surface area contributed by atoms with Crippen LogP contribution in [-0.4, -0.2) is 44.4 Å². The summed E-state index contributed by atoms with van der Waals surface area (Å²) >= 11 is 0. The van der Waals surface area contributed by atoms with E-state index in [9.17, 15) is 17.6 Å². The van der Waals surface area contributed by atoms with Gasteiger partial charge in [0, 0.05) is 12.6 Å². The number of halogens is 1. The van der Waals surface area contributed by atoms with E-state index in [4.69, 9.17) is 4.74 Å². The number of aromatic nitrogens is 2. The third-order valence-electron chi connectivity index (χ3n) is 4.29. The third kappa shape index (κ3) is 3.37. The number of methoxy groups -OCH3 is 1. The van der Waals surface area contributed by atoms with Crippen molar-refractivity contribution >= 4 is 27.2 Å². The maximum Gasteiger partial charge on any atom is 0.342 e. The number of hydrogen-bond acceptors (Lipinski definition) is 5. The smallest absolute Gasteiger partial charge is 0.342 e. The standard InChI is InChI=1S/C18H18FN3O4S/c1-11-9-14-16(18(23)26-3)17(12-5-7-13(19)8-6-12)20-22(14)10-15(11)21(2)27(4,24)25/h5-10H,1-4H3. The largest absolute Gasteiger partial charge is 0.465 e. The minimum Gasteiger partial charge on any atom is -0.465 e. The summed E-state index contributed by atoms with van der Waals surface area (Å²) in [7, 11) is -0.767. The second kappa shape index (κ2) is 6.66.